The quantitative estimate of drug-likeness (QED) is 0.830. The summed E-state index contributed by atoms with van der Waals surface area (Å²) < 4.78 is 1.83. The Balaban J connectivity index is 2.36. The molecule has 4 nitrogen and oxygen atoms in total. The summed E-state index contributed by atoms with van der Waals surface area (Å²) in [4.78, 5) is 22.9. The number of carbonyl (C=O) groups excluding carboxylic acids is 1. The van der Waals surface area contributed by atoms with E-state index in [9.17, 15) is 14.7 Å². The predicted molar refractivity (Wildman–Crippen MR) is 77.3 cm³/mol. The summed E-state index contributed by atoms with van der Waals surface area (Å²) >= 11 is 0. The number of carbonyl (C=O) groups is 2. The van der Waals surface area contributed by atoms with Crippen molar-refractivity contribution in [3.63, 3.8) is 0 Å². The van der Waals surface area contributed by atoms with Crippen molar-refractivity contribution in [3.05, 3.63) is 23.5 Å². The van der Waals surface area contributed by atoms with Crippen LogP contribution in [0.3, 0.4) is 0 Å². The molecule has 1 unspecified atom stereocenters. The first-order chi connectivity index (χ1) is 9.54. The number of aromatic carboxylic acids is 1. The number of ketones is 1. The van der Waals surface area contributed by atoms with Gasteiger partial charge in [0.2, 0.25) is 0 Å². The highest BCUT2D eigenvalue weighted by molar-refractivity contribution is 5.97. The van der Waals surface area contributed by atoms with Gasteiger partial charge in [-0.1, -0.05) is 26.2 Å². The van der Waals surface area contributed by atoms with Crippen LogP contribution in [-0.2, 0) is 0 Å². The number of Topliss-reactive ketones (excluding diaryl/α,β-unsaturated/α-hetero) is 1. The van der Waals surface area contributed by atoms with E-state index in [0.717, 1.165) is 19.3 Å². The topological polar surface area (TPSA) is 59.3 Å². The van der Waals surface area contributed by atoms with E-state index in [1.165, 1.54) is 32.3 Å². The standard InChI is InChI=1S/C16H23NO3/c1-3-14(12-7-5-4-6-8-12)17-10-13(11(2)18)9-15(17)16(19)20/h9-10,12,14H,3-8H2,1-2H3,(H,19,20). The number of hydrogen-bond acceptors (Lipinski definition) is 2. The van der Waals surface area contributed by atoms with E-state index in [2.05, 4.69) is 6.92 Å². The second-order valence-electron chi connectivity index (χ2n) is 5.76. The van der Waals surface area contributed by atoms with Crippen LogP contribution in [0.4, 0.5) is 0 Å². The third-order valence-electron chi connectivity index (χ3n) is 4.44. The van der Waals surface area contributed by atoms with Crippen LogP contribution in [0.15, 0.2) is 12.3 Å². The van der Waals surface area contributed by atoms with Gasteiger partial charge in [0, 0.05) is 17.8 Å². The number of nitrogens with zero attached hydrogens (tertiary/aromatic N) is 1. The Hall–Kier alpha value is -1.58. The van der Waals surface area contributed by atoms with Gasteiger partial charge in [-0.25, -0.2) is 4.79 Å². The van der Waals surface area contributed by atoms with Crippen LogP contribution in [0.2, 0.25) is 0 Å². The van der Waals surface area contributed by atoms with Gasteiger partial charge in [-0.2, -0.15) is 0 Å². The second kappa shape index (κ2) is 6.25. The summed E-state index contributed by atoms with van der Waals surface area (Å²) in [5, 5.41) is 9.37. The van der Waals surface area contributed by atoms with Gasteiger partial charge in [0.1, 0.15) is 5.69 Å². The Kier molecular flexibility index (Phi) is 4.63. The van der Waals surface area contributed by atoms with Crippen molar-refractivity contribution in [2.75, 3.05) is 0 Å². The summed E-state index contributed by atoms with van der Waals surface area (Å²) in [5.74, 6) is -0.504. The fourth-order valence-electron chi connectivity index (χ4n) is 3.39. The Labute approximate surface area is 119 Å². The predicted octanol–water partition coefficient (Wildman–Crippen LogP) is 3.92. The molecule has 1 aromatic rings. The van der Waals surface area contributed by atoms with Crippen molar-refractivity contribution >= 4 is 11.8 Å². The van der Waals surface area contributed by atoms with Gasteiger partial charge in [-0.15, -0.1) is 0 Å². The molecular formula is C16H23NO3. The summed E-state index contributed by atoms with van der Waals surface area (Å²) in [6.45, 7) is 3.57. The lowest BCUT2D eigenvalue weighted by molar-refractivity contribution is 0.0678. The molecule has 4 heteroatoms. The van der Waals surface area contributed by atoms with Gasteiger partial charge in [-0.05, 0) is 38.2 Å². The van der Waals surface area contributed by atoms with Crippen LogP contribution in [0, 0.1) is 5.92 Å². The second-order valence-corrected chi connectivity index (χ2v) is 5.76. The zero-order chi connectivity index (χ0) is 14.7. The normalized spacial score (nSPS) is 17.9. The first-order valence-electron chi connectivity index (χ1n) is 7.50. The number of hydrogen-bond donors (Lipinski definition) is 1. The molecule has 1 aliphatic carbocycles. The highest BCUT2D eigenvalue weighted by Crippen LogP contribution is 2.36. The maximum absolute atomic E-state index is 11.5. The first kappa shape index (κ1) is 14.8. The molecule has 0 amide bonds. The molecule has 1 aliphatic rings. The Morgan fingerprint density at radius 3 is 2.50 bits per heavy atom. The molecule has 110 valence electrons. The minimum absolute atomic E-state index is 0.0789. The average Bonchev–Trinajstić information content (AvgIpc) is 2.86. The van der Waals surface area contributed by atoms with E-state index >= 15 is 0 Å². The molecule has 0 radical (unpaired) electrons. The van der Waals surface area contributed by atoms with Crippen molar-refractivity contribution in [2.24, 2.45) is 5.92 Å². The zero-order valence-electron chi connectivity index (χ0n) is 12.3. The molecule has 1 heterocycles. The summed E-state index contributed by atoms with van der Waals surface area (Å²) in [6, 6.07) is 1.70. The molecule has 1 N–H and O–H groups in total. The van der Waals surface area contributed by atoms with E-state index in [1.54, 1.807) is 6.20 Å². The number of carboxylic acids is 1. The van der Waals surface area contributed by atoms with Crippen LogP contribution >= 0.6 is 0 Å². The molecule has 0 saturated heterocycles. The van der Waals surface area contributed by atoms with E-state index in [-0.39, 0.29) is 17.5 Å². The van der Waals surface area contributed by atoms with Gasteiger partial charge >= 0.3 is 5.97 Å². The summed E-state index contributed by atoms with van der Waals surface area (Å²) in [7, 11) is 0. The lowest BCUT2D eigenvalue weighted by Crippen LogP contribution is -2.23. The summed E-state index contributed by atoms with van der Waals surface area (Å²) in [6.07, 6.45) is 8.68. The van der Waals surface area contributed by atoms with E-state index < -0.39 is 5.97 Å². The molecule has 0 bridgehead atoms. The molecule has 0 spiro atoms. The van der Waals surface area contributed by atoms with E-state index in [4.69, 9.17) is 0 Å². The molecule has 0 aliphatic heterocycles. The highest BCUT2D eigenvalue weighted by atomic mass is 16.4. The maximum Gasteiger partial charge on any atom is 0.352 e. The summed E-state index contributed by atoms with van der Waals surface area (Å²) in [5.41, 5.74) is 0.740. The van der Waals surface area contributed by atoms with E-state index in [1.807, 2.05) is 4.57 Å². The fourth-order valence-corrected chi connectivity index (χ4v) is 3.39. The lowest BCUT2D eigenvalue weighted by atomic mass is 9.82. The van der Waals surface area contributed by atoms with Crippen LogP contribution in [0.1, 0.15) is 79.3 Å². The number of carboxylic acid groups (broad SMARTS) is 1. The molecule has 1 saturated carbocycles. The molecule has 20 heavy (non-hydrogen) atoms. The number of aromatic nitrogens is 1. The van der Waals surface area contributed by atoms with Gasteiger partial charge < -0.3 is 9.67 Å². The number of rotatable bonds is 5. The van der Waals surface area contributed by atoms with Gasteiger partial charge in [0.15, 0.2) is 5.78 Å². The molecule has 1 aromatic heterocycles. The SMILES string of the molecule is CCC(C1CCCCC1)n1cc(C(C)=O)cc1C(=O)O. The van der Waals surface area contributed by atoms with Crippen LogP contribution in [-0.4, -0.2) is 21.4 Å². The van der Waals surface area contributed by atoms with Crippen LogP contribution in [0.25, 0.3) is 0 Å². The monoisotopic (exact) mass is 277 g/mol. The Morgan fingerprint density at radius 2 is 2.00 bits per heavy atom. The minimum atomic E-state index is -0.952. The van der Waals surface area contributed by atoms with Gasteiger partial charge in [0.05, 0.1) is 0 Å². The van der Waals surface area contributed by atoms with Crippen molar-refractivity contribution in [2.45, 2.75) is 58.4 Å². The third-order valence-corrected chi connectivity index (χ3v) is 4.44. The van der Waals surface area contributed by atoms with Crippen molar-refractivity contribution in [1.82, 2.24) is 4.57 Å². The largest absolute Gasteiger partial charge is 0.477 e. The molecule has 1 atom stereocenters. The molecular weight excluding hydrogens is 254 g/mol. The lowest BCUT2D eigenvalue weighted by Gasteiger charge is -2.31. The zero-order valence-corrected chi connectivity index (χ0v) is 12.3. The molecule has 2 rings (SSSR count). The average molecular weight is 277 g/mol. The Morgan fingerprint density at radius 1 is 1.35 bits per heavy atom. The minimum Gasteiger partial charge on any atom is -0.477 e. The van der Waals surface area contributed by atoms with Crippen molar-refractivity contribution < 1.29 is 14.7 Å². The van der Waals surface area contributed by atoms with Crippen LogP contribution < -0.4 is 0 Å². The smallest absolute Gasteiger partial charge is 0.352 e. The van der Waals surface area contributed by atoms with Crippen molar-refractivity contribution in [1.29, 1.82) is 0 Å². The van der Waals surface area contributed by atoms with Crippen LogP contribution in [0.5, 0.6) is 0 Å². The Bertz CT molecular complexity index is 498. The van der Waals surface area contributed by atoms with Gasteiger partial charge in [0.25, 0.3) is 0 Å². The fraction of sp³-hybridized carbons (Fsp3) is 0.625. The van der Waals surface area contributed by atoms with Crippen molar-refractivity contribution in [3.8, 4) is 0 Å². The highest BCUT2D eigenvalue weighted by Gasteiger charge is 2.27. The molecule has 1 fully saturated rings. The first-order valence-corrected chi connectivity index (χ1v) is 7.50. The van der Waals surface area contributed by atoms with Gasteiger partial charge in [-0.3, -0.25) is 4.79 Å². The van der Waals surface area contributed by atoms with E-state index in [0.29, 0.717) is 11.5 Å². The maximum atomic E-state index is 11.5. The third kappa shape index (κ3) is 2.94. The molecule has 0 aromatic carbocycles.